The van der Waals surface area contributed by atoms with E-state index in [9.17, 15) is 0 Å². The Morgan fingerprint density at radius 3 is 3.00 bits per heavy atom. The van der Waals surface area contributed by atoms with Gasteiger partial charge in [0, 0.05) is 18.3 Å². The predicted molar refractivity (Wildman–Crippen MR) is 92.7 cm³/mol. The molecule has 0 bridgehead atoms. The Hall–Kier alpha value is -1.61. The summed E-state index contributed by atoms with van der Waals surface area (Å²) in [5, 5.41) is 4.21. The molecule has 0 aliphatic heterocycles. The fraction of sp³-hybridized carbons (Fsp3) is 0.389. The molecule has 0 saturated carbocycles. The van der Waals surface area contributed by atoms with Gasteiger partial charge < -0.3 is 5.32 Å². The van der Waals surface area contributed by atoms with Gasteiger partial charge in [-0.25, -0.2) is 4.98 Å². The Bertz CT molecular complexity index is 619. The molecule has 3 heteroatoms. The zero-order chi connectivity index (χ0) is 14.7. The maximum absolute atomic E-state index is 4.77. The van der Waals surface area contributed by atoms with Crippen molar-refractivity contribution in [3.8, 4) is 0 Å². The number of anilines is 1. The van der Waals surface area contributed by atoms with Crippen molar-refractivity contribution in [3.05, 3.63) is 53.1 Å². The van der Waals surface area contributed by atoms with Gasteiger partial charge in [-0.05, 0) is 42.7 Å². The van der Waals surface area contributed by atoms with Crippen LogP contribution in [-0.4, -0.2) is 12.0 Å². The van der Waals surface area contributed by atoms with Crippen molar-refractivity contribution in [1.82, 2.24) is 4.98 Å². The lowest BCUT2D eigenvalue weighted by Gasteiger charge is -2.24. The molecule has 110 valence electrons. The summed E-state index contributed by atoms with van der Waals surface area (Å²) in [4.78, 5) is 6.16. The molecule has 0 amide bonds. The maximum atomic E-state index is 4.77. The third kappa shape index (κ3) is 3.18. The van der Waals surface area contributed by atoms with Gasteiger partial charge in [-0.2, -0.15) is 0 Å². The Kier molecular flexibility index (Phi) is 4.39. The lowest BCUT2D eigenvalue weighted by molar-refractivity contribution is 0.637. The molecule has 0 radical (unpaired) electrons. The summed E-state index contributed by atoms with van der Waals surface area (Å²) in [6.07, 6.45) is 16.8. The highest BCUT2D eigenvalue weighted by Crippen LogP contribution is 2.40. The van der Waals surface area contributed by atoms with E-state index in [0.717, 1.165) is 24.4 Å². The van der Waals surface area contributed by atoms with E-state index in [-0.39, 0.29) is 0 Å². The number of allylic oxidation sites excluding steroid dienone is 7. The topological polar surface area (TPSA) is 24.9 Å². The van der Waals surface area contributed by atoms with E-state index >= 15 is 0 Å². The smallest absolute Gasteiger partial charge is 0.183 e. The van der Waals surface area contributed by atoms with Gasteiger partial charge in [0.2, 0.25) is 0 Å². The third-order valence-corrected chi connectivity index (χ3v) is 5.11. The molecule has 1 N–H and O–H groups in total. The standard InChI is InChI=1S/C18H22N2S/c1-3-7-14-10-15(11-14)17-16(21-18(19-2)20-17)12-13-8-5-4-6-9-13/h3,5,8-10,14H,1,4,6-7,11-12H2,2H3,(H,19,20). The van der Waals surface area contributed by atoms with E-state index in [1.165, 1.54) is 34.6 Å². The third-order valence-electron chi connectivity index (χ3n) is 4.04. The molecule has 2 aliphatic rings. The highest BCUT2D eigenvalue weighted by atomic mass is 32.1. The fourth-order valence-corrected chi connectivity index (χ4v) is 3.87. The van der Waals surface area contributed by atoms with Gasteiger partial charge in [-0.3, -0.25) is 0 Å². The number of nitrogens with one attached hydrogen (secondary N) is 1. The largest absolute Gasteiger partial charge is 0.365 e. The minimum absolute atomic E-state index is 0.666. The monoisotopic (exact) mass is 298 g/mol. The molecule has 0 fully saturated rings. The molecule has 0 aromatic carbocycles. The highest BCUT2D eigenvalue weighted by Gasteiger charge is 2.24. The normalized spacial score (nSPS) is 20.5. The Morgan fingerprint density at radius 1 is 1.48 bits per heavy atom. The lowest BCUT2D eigenvalue weighted by Crippen LogP contribution is -2.10. The van der Waals surface area contributed by atoms with Gasteiger partial charge >= 0.3 is 0 Å². The average molecular weight is 298 g/mol. The van der Waals surface area contributed by atoms with E-state index in [1.807, 2.05) is 13.1 Å². The van der Waals surface area contributed by atoms with Crippen LogP contribution >= 0.6 is 11.3 Å². The van der Waals surface area contributed by atoms with E-state index in [1.54, 1.807) is 11.3 Å². The molecule has 1 unspecified atom stereocenters. The number of nitrogens with zero attached hydrogens (tertiary/aromatic N) is 1. The summed E-state index contributed by atoms with van der Waals surface area (Å²) >= 11 is 1.79. The second-order valence-electron chi connectivity index (χ2n) is 5.66. The molecule has 1 heterocycles. The van der Waals surface area contributed by atoms with Gasteiger partial charge in [-0.1, -0.05) is 30.4 Å². The zero-order valence-electron chi connectivity index (χ0n) is 12.6. The second kappa shape index (κ2) is 6.44. The highest BCUT2D eigenvalue weighted by molar-refractivity contribution is 7.15. The van der Waals surface area contributed by atoms with Crippen molar-refractivity contribution in [1.29, 1.82) is 0 Å². The summed E-state index contributed by atoms with van der Waals surface area (Å²) in [6.45, 7) is 3.82. The minimum atomic E-state index is 0.666. The molecule has 0 saturated heterocycles. The Balaban J connectivity index is 1.81. The number of aromatic nitrogens is 1. The number of thiazole rings is 1. The zero-order valence-corrected chi connectivity index (χ0v) is 13.4. The van der Waals surface area contributed by atoms with Crippen molar-refractivity contribution in [3.63, 3.8) is 0 Å². The van der Waals surface area contributed by atoms with Gasteiger partial charge in [0.15, 0.2) is 5.13 Å². The summed E-state index contributed by atoms with van der Waals surface area (Å²) in [6, 6.07) is 0. The van der Waals surface area contributed by atoms with Gasteiger partial charge in [-0.15, -0.1) is 17.9 Å². The first-order valence-electron chi connectivity index (χ1n) is 7.65. The fourth-order valence-electron chi connectivity index (χ4n) is 2.89. The van der Waals surface area contributed by atoms with E-state index in [2.05, 4.69) is 36.2 Å². The average Bonchev–Trinajstić information content (AvgIpc) is 2.86. The van der Waals surface area contributed by atoms with Crippen LogP contribution in [0.25, 0.3) is 5.57 Å². The van der Waals surface area contributed by atoms with Gasteiger partial charge in [0.25, 0.3) is 0 Å². The molecule has 1 atom stereocenters. The van der Waals surface area contributed by atoms with Crippen molar-refractivity contribution in [2.75, 3.05) is 12.4 Å². The molecule has 1 aromatic heterocycles. The molecule has 0 spiro atoms. The number of rotatable bonds is 6. The van der Waals surface area contributed by atoms with Crippen LogP contribution in [-0.2, 0) is 6.42 Å². The van der Waals surface area contributed by atoms with Crippen LogP contribution in [0.3, 0.4) is 0 Å². The van der Waals surface area contributed by atoms with Gasteiger partial charge in [0.1, 0.15) is 0 Å². The van der Waals surface area contributed by atoms with Crippen LogP contribution in [0.5, 0.6) is 0 Å². The Morgan fingerprint density at radius 2 is 2.33 bits per heavy atom. The molecule has 1 aromatic rings. The SMILES string of the molecule is C=CCC1C=C(c2nc(NC)sc2CC2=CCCC=C2)C1. The molecule has 21 heavy (non-hydrogen) atoms. The molecule has 2 aliphatic carbocycles. The summed E-state index contributed by atoms with van der Waals surface area (Å²) in [7, 11) is 1.95. The summed E-state index contributed by atoms with van der Waals surface area (Å²) in [5.74, 6) is 0.666. The summed E-state index contributed by atoms with van der Waals surface area (Å²) in [5.41, 5.74) is 4.05. The summed E-state index contributed by atoms with van der Waals surface area (Å²) < 4.78 is 0. The maximum Gasteiger partial charge on any atom is 0.183 e. The van der Waals surface area contributed by atoms with Crippen LogP contribution in [0, 0.1) is 5.92 Å². The lowest BCUT2D eigenvalue weighted by atomic mass is 9.82. The van der Waals surface area contributed by atoms with E-state index in [4.69, 9.17) is 4.98 Å². The van der Waals surface area contributed by atoms with E-state index < -0.39 is 0 Å². The molecule has 3 rings (SSSR count). The van der Waals surface area contributed by atoms with Crippen LogP contribution in [0.2, 0.25) is 0 Å². The van der Waals surface area contributed by atoms with Crippen LogP contribution < -0.4 is 5.32 Å². The van der Waals surface area contributed by atoms with Crippen molar-refractivity contribution in [2.24, 2.45) is 5.92 Å². The van der Waals surface area contributed by atoms with Crippen molar-refractivity contribution < 1.29 is 0 Å². The number of hydrogen-bond donors (Lipinski definition) is 1. The van der Waals surface area contributed by atoms with Gasteiger partial charge in [0.05, 0.1) is 5.69 Å². The van der Waals surface area contributed by atoms with Crippen molar-refractivity contribution in [2.45, 2.75) is 32.1 Å². The number of hydrogen-bond acceptors (Lipinski definition) is 3. The minimum Gasteiger partial charge on any atom is -0.365 e. The van der Waals surface area contributed by atoms with Crippen LogP contribution in [0.4, 0.5) is 5.13 Å². The van der Waals surface area contributed by atoms with Crippen LogP contribution in [0.1, 0.15) is 36.3 Å². The Labute approximate surface area is 131 Å². The molecular weight excluding hydrogens is 276 g/mol. The molecule has 2 nitrogen and oxygen atoms in total. The second-order valence-corrected chi connectivity index (χ2v) is 6.74. The molecular formula is C18H22N2S. The quantitative estimate of drug-likeness (QED) is 0.749. The van der Waals surface area contributed by atoms with Crippen molar-refractivity contribution >= 4 is 22.0 Å². The van der Waals surface area contributed by atoms with Crippen LogP contribution in [0.15, 0.2) is 42.5 Å². The predicted octanol–water partition coefficient (Wildman–Crippen LogP) is 4.98. The first-order valence-corrected chi connectivity index (χ1v) is 8.46. The first kappa shape index (κ1) is 14.3. The van der Waals surface area contributed by atoms with E-state index in [0.29, 0.717) is 5.92 Å². The first-order chi connectivity index (χ1) is 10.3.